The molecule has 4 rings (SSSR count). The highest BCUT2D eigenvalue weighted by molar-refractivity contribution is 5.66. The zero-order valence-corrected chi connectivity index (χ0v) is 15.1. The van der Waals surface area contributed by atoms with Gasteiger partial charge in [0.15, 0.2) is 0 Å². The van der Waals surface area contributed by atoms with Gasteiger partial charge in [0.25, 0.3) is 0 Å². The maximum Gasteiger partial charge on any atom is 0.302 e. The molecule has 24 heavy (non-hydrogen) atoms. The molecule has 0 bridgehead atoms. The predicted molar refractivity (Wildman–Crippen MR) is 95.0 cm³/mol. The van der Waals surface area contributed by atoms with Gasteiger partial charge in [0.1, 0.15) is 6.10 Å². The second kappa shape index (κ2) is 5.94. The number of esters is 1. The number of terminal acetylenes is 1. The van der Waals surface area contributed by atoms with Gasteiger partial charge in [0, 0.05) is 17.9 Å². The molecule has 7 atom stereocenters. The fourth-order valence-corrected chi connectivity index (χ4v) is 6.94. The highest BCUT2D eigenvalue weighted by Crippen LogP contribution is 2.62. The van der Waals surface area contributed by atoms with Crippen molar-refractivity contribution in [2.45, 2.75) is 71.3 Å². The van der Waals surface area contributed by atoms with E-state index in [0.29, 0.717) is 0 Å². The van der Waals surface area contributed by atoms with Crippen molar-refractivity contribution in [3.63, 3.8) is 0 Å². The predicted octanol–water partition coefficient (Wildman–Crippen LogP) is 4.74. The average molecular weight is 326 g/mol. The molecule has 0 spiro atoms. The second-order valence-corrected chi connectivity index (χ2v) is 8.93. The molecule has 0 aliphatic heterocycles. The number of hydrogen-bond donors (Lipinski definition) is 0. The maximum absolute atomic E-state index is 11.3. The van der Waals surface area contributed by atoms with Crippen LogP contribution in [0.2, 0.25) is 0 Å². The molecule has 0 aromatic carbocycles. The number of carbonyl (C=O) groups is 1. The summed E-state index contributed by atoms with van der Waals surface area (Å²) in [6.45, 7) is 3.97. The smallest absolute Gasteiger partial charge is 0.302 e. The summed E-state index contributed by atoms with van der Waals surface area (Å²) in [5.41, 5.74) is 1.56. The van der Waals surface area contributed by atoms with Crippen molar-refractivity contribution in [1.29, 1.82) is 0 Å². The lowest BCUT2D eigenvalue weighted by Gasteiger charge is -2.55. The lowest BCUT2D eigenvalue weighted by atomic mass is 9.50. The Morgan fingerprint density at radius 3 is 2.75 bits per heavy atom. The second-order valence-electron chi connectivity index (χ2n) is 8.93. The van der Waals surface area contributed by atoms with Gasteiger partial charge in [-0.15, -0.1) is 6.42 Å². The molecule has 2 heteroatoms. The topological polar surface area (TPSA) is 26.3 Å². The highest BCUT2D eigenvalue weighted by Gasteiger charge is 2.54. The van der Waals surface area contributed by atoms with Crippen molar-refractivity contribution in [2.24, 2.45) is 35.0 Å². The Labute approximate surface area is 146 Å². The van der Waals surface area contributed by atoms with Gasteiger partial charge in [-0.2, -0.15) is 0 Å². The number of fused-ring (bicyclic) bond motifs is 5. The molecule has 3 fully saturated rings. The Morgan fingerprint density at radius 2 is 2.00 bits per heavy atom. The summed E-state index contributed by atoms with van der Waals surface area (Å²) in [5.74, 6) is 7.02. The maximum atomic E-state index is 11.3. The summed E-state index contributed by atoms with van der Waals surface area (Å²) >= 11 is 0. The Kier molecular flexibility index (Phi) is 4.02. The molecule has 2 nitrogen and oxygen atoms in total. The molecule has 0 N–H and O–H groups in total. The fourth-order valence-electron chi connectivity index (χ4n) is 6.94. The van der Waals surface area contributed by atoms with E-state index in [9.17, 15) is 4.79 Å². The summed E-state index contributed by atoms with van der Waals surface area (Å²) < 4.78 is 5.52. The summed E-state index contributed by atoms with van der Waals surface area (Å²) in [6.07, 6.45) is 18.2. The largest absolute Gasteiger partial charge is 0.463 e. The normalized spacial score (nSPS) is 46.8. The molecule has 0 aromatic heterocycles. The number of allylic oxidation sites excluding steroid dienone is 2. The monoisotopic (exact) mass is 326 g/mol. The first-order valence-corrected chi connectivity index (χ1v) is 9.87. The Morgan fingerprint density at radius 1 is 1.21 bits per heavy atom. The van der Waals surface area contributed by atoms with E-state index in [1.165, 1.54) is 44.1 Å². The summed E-state index contributed by atoms with van der Waals surface area (Å²) in [6, 6.07) is 0. The molecule has 0 heterocycles. The van der Waals surface area contributed by atoms with E-state index in [1.54, 1.807) is 6.92 Å². The van der Waals surface area contributed by atoms with E-state index in [-0.39, 0.29) is 17.5 Å². The molecule has 0 amide bonds. The van der Waals surface area contributed by atoms with Crippen molar-refractivity contribution in [3.8, 4) is 12.3 Å². The zero-order valence-electron chi connectivity index (χ0n) is 15.1. The van der Waals surface area contributed by atoms with E-state index in [0.717, 1.165) is 42.4 Å². The zero-order chi connectivity index (χ0) is 16.9. The summed E-state index contributed by atoms with van der Waals surface area (Å²) in [4.78, 5) is 11.3. The standard InChI is InChI=1S/C22H30O2/c1-4-16-6-10-21-20-8-5-15-13-17(24-14(2)23)7-9-18(15)19(20)11-12-22(16,21)3/h1,6,15,17-21H,5,7-13H2,2-3H3/t15-,17+,18-,19+,20+,21-,22+/m0/s1. The van der Waals surface area contributed by atoms with E-state index in [2.05, 4.69) is 18.9 Å². The molecular formula is C22H30O2. The van der Waals surface area contributed by atoms with Gasteiger partial charge in [-0.3, -0.25) is 4.79 Å². The van der Waals surface area contributed by atoms with Gasteiger partial charge in [-0.1, -0.05) is 18.9 Å². The molecule has 3 saturated carbocycles. The SMILES string of the molecule is C#CC1=CC[C@H]2[C@@H]3CC[C@H]4C[C@H](OC(C)=O)CC[C@@H]4[C@H]3CC[C@]12C. The Bertz CT molecular complexity index is 598. The Balaban J connectivity index is 1.48. The van der Waals surface area contributed by atoms with E-state index < -0.39 is 0 Å². The molecule has 4 aliphatic rings. The van der Waals surface area contributed by atoms with Crippen LogP contribution in [0, 0.1) is 47.3 Å². The highest BCUT2D eigenvalue weighted by atomic mass is 16.5. The van der Waals surface area contributed by atoms with Crippen LogP contribution in [-0.2, 0) is 9.53 Å². The molecule has 0 unspecified atom stereocenters. The van der Waals surface area contributed by atoms with E-state index in [4.69, 9.17) is 11.2 Å². The first-order chi connectivity index (χ1) is 11.5. The molecule has 0 radical (unpaired) electrons. The Hall–Kier alpha value is -1.23. The molecular weight excluding hydrogens is 296 g/mol. The van der Waals surface area contributed by atoms with Crippen molar-refractivity contribution in [1.82, 2.24) is 0 Å². The van der Waals surface area contributed by atoms with Crippen LogP contribution in [0.1, 0.15) is 65.2 Å². The van der Waals surface area contributed by atoms with Crippen molar-refractivity contribution in [2.75, 3.05) is 0 Å². The fraction of sp³-hybridized carbons (Fsp3) is 0.773. The van der Waals surface area contributed by atoms with Crippen LogP contribution in [0.25, 0.3) is 0 Å². The van der Waals surface area contributed by atoms with Crippen LogP contribution in [0.3, 0.4) is 0 Å². The van der Waals surface area contributed by atoms with Gasteiger partial charge in [0.05, 0.1) is 0 Å². The van der Waals surface area contributed by atoms with Crippen LogP contribution < -0.4 is 0 Å². The molecule has 130 valence electrons. The van der Waals surface area contributed by atoms with Gasteiger partial charge in [-0.25, -0.2) is 0 Å². The van der Waals surface area contributed by atoms with Crippen LogP contribution in [0.4, 0.5) is 0 Å². The minimum atomic E-state index is -0.112. The van der Waals surface area contributed by atoms with E-state index >= 15 is 0 Å². The van der Waals surface area contributed by atoms with Gasteiger partial charge in [0.2, 0.25) is 0 Å². The van der Waals surface area contributed by atoms with Crippen LogP contribution >= 0.6 is 0 Å². The third kappa shape index (κ3) is 2.43. The van der Waals surface area contributed by atoms with Gasteiger partial charge < -0.3 is 4.74 Å². The van der Waals surface area contributed by atoms with Gasteiger partial charge in [-0.05, 0) is 81.0 Å². The molecule has 4 aliphatic carbocycles. The number of carbonyl (C=O) groups excluding carboxylic acids is 1. The van der Waals surface area contributed by atoms with Crippen LogP contribution in [0.15, 0.2) is 11.6 Å². The average Bonchev–Trinajstić information content (AvgIpc) is 2.90. The van der Waals surface area contributed by atoms with Crippen molar-refractivity contribution in [3.05, 3.63) is 11.6 Å². The lowest BCUT2D eigenvalue weighted by molar-refractivity contribution is -0.151. The number of ether oxygens (including phenoxy) is 1. The summed E-state index contributed by atoms with van der Waals surface area (Å²) in [7, 11) is 0. The van der Waals surface area contributed by atoms with E-state index in [1.807, 2.05) is 0 Å². The third-order valence-electron chi connectivity index (χ3n) is 7.98. The van der Waals surface area contributed by atoms with Crippen molar-refractivity contribution >= 4 is 5.97 Å². The molecule has 0 saturated heterocycles. The minimum absolute atomic E-state index is 0.112. The molecule has 0 aromatic rings. The van der Waals surface area contributed by atoms with Crippen molar-refractivity contribution < 1.29 is 9.53 Å². The van der Waals surface area contributed by atoms with Gasteiger partial charge >= 0.3 is 5.97 Å². The van der Waals surface area contributed by atoms with Crippen LogP contribution in [0.5, 0.6) is 0 Å². The minimum Gasteiger partial charge on any atom is -0.463 e. The first-order valence-electron chi connectivity index (χ1n) is 9.87. The van der Waals surface area contributed by atoms with Crippen LogP contribution in [-0.4, -0.2) is 12.1 Å². The number of rotatable bonds is 1. The quantitative estimate of drug-likeness (QED) is 0.514. The first kappa shape index (κ1) is 16.2. The number of hydrogen-bond acceptors (Lipinski definition) is 2. The lowest BCUT2D eigenvalue weighted by Crippen LogP contribution is -2.48. The summed E-state index contributed by atoms with van der Waals surface area (Å²) in [5, 5.41) is 0. The third-order valence-corrected chi connectivity index (χ3v) is 7.98.